The lowest BCUT2D eigenvalue weighted by Crippen LogP contribution is -2.41. The van der Waals surface area contributed by atoms with Crippen molar-refractivity contribution in [2.24, 2.45) is 0 Å². The summed E-state index contributed by atoms with van der Waals surface area (Å²) < 4.78 is 16.4. The van der Waals surface area contributed by atoms with Crippen LogP contribution in [-0.2, 0) is 15.9 Å². The van der Waals surface area contributed by atoms with Crippen molar-refractivity contribution in [3.63, 3.8) is 0 Å². The van der Waals surface area contributed by atoms with Gasteiger partial charge in [-0.2, -0.15) is 0 Å². The van der Waals surface area contributed by atoms with Gasteiger partial charge in [0.25, 0.3) is 0 Å². The van der Waals surface area contributed by atoms with Gasteiger partial charge in [-0.15, -0.1) is 0 Å². The summed E-state index contributed by atoms with van der Waals surface area (Å²) in [5.74, 6) is 0.800. The highest BCUT2D eigenvalue weighted by Gasteiger charge is 2.35. The molecule has 1 N–H and O–H groups in total. The summed E-state index contributed by atoms with van der Waals surface area (Å²) in [6, 6.07) is 13.5. The molecule has 30 heavy (non-hydrogen) atoms. The number of carbonyl (C=O) groups excluding carboxylic acids is 1. The topological polar surface area (TPSA) is 63.8 Å². The average Bonchev–Trinajstić information content (AvgIpc) is 3.08. The minimum atomic E-state index is -0.309. The number of rotatable bonds is 4. The molecule has 1 aromatic heterocycles. The van der Waals surface area contributed by atoms with E-state index in [4.69, 9.17) is 25.8 Å². The Morgan fingerprint density at radius 2 is 2.03 bits per heavy atom. The van der Waals surface area contributed by atoms with Crippen LogP contribution in [0.5, 0.6) is 5.75 Å². The lowest BCUT2D eigenvalue weighted by molar-refractivity contribution is -0.0796. The first-order valence-corrected chi connectivity index (χ1v) is 10.6. The lowest BCUT2D eigenvalue weighted by atomic mass is 9.92. The SMILES string of the molecule is CCOC(=O)N1CCc2c([nH]c3ccc(Cl)cc23)C1c1ccc(OC2COC2)cc1. The van der Waals surface area contributed by atoms with Crippen LogP contribution in [0.1, 0.15) is 29.8 Å². The zero-order chi connectivity index (χ0) is 20.7. The van der Waals surface area contributed by atoms with E-state index >= 15 is 0 Å². The molecule has 2 aliphatic rings. The van der Waals surface area contributed by atoms with Gasteiger partial charge in [-0.25, -0.2) is 4.79 Å². The molecule has 0 saturated carbocycles. The molecule has 2 aromatic carbocycles. The smallest absolute Gasteiger partial charge is 0.410 e. The molecule has 2 aliphatic heterocycles. The van der Waals surface area contributed by atoms with Crippen molar-refractivity contribution < 1.29 is 19.0 Å². The Morgan fingerprint density at radius 3 is 2.73 bits per heavy atom. The quantitative estimate of drug-likeness (QED) is 0.656. The number of carbonyl (C=O) groups is 1. The zero-order valence-corrected chi connectivity index (χ0v) is 17.4. The van der Waals surface area contributed by atoms with E-state index < -0.39 is 0 Å². The molecule has 1 amide bonds. The van der Waals surface area contributed by atoms with Gasteiger partial charge < -0.3 is 19.2 Å². The van der Waals surface area contributed by atoms with E-state index in [9.17, 15) is 4.79 Å². The van der Waals surface area contributed by atoms with Gasteiger partial charge in [-0.1, -0.05) is 23.7 Å². The number of aromatic amines is 1. The van der Waals surface area contributed by atoms with E-state index in [0.717, 1.165) is 34.3 Å². The summed E-state index contributed by atoms with van der Waals surface area (Å²) >= 11 is 6.25. The zero-order valence-electron chi connectivity index (χ0n) is 16.7. The number of benzene rings is 2. The second kappa shape index (κ2) is 7.85. The Balaban J connectivity index is 1.54. The number of hydrogen-bond acceptors (Lipinski definition) is 4. The largest absolute Gasteiger partial charge is 0.486 e. The van der Waals surface area contributed by atoms with Crippen LogP contribution >= 0.6 is 11.6 Å². The van der Waals surface area contributed by atoms with Crippen LogP contribution in [0.3, 0.4) is 0 Å². The highest BCUT2D eigenvalue weighted by molar-refractivity contribution is 6.31. The summed E-state index contributed by atoms with van der Waals surface area (Å²) in [4.78, 5) is 18.1. The Morgan fingerprint density at radius 1 is 1.23 bits per heavy atom. The van der Waals surface area contributed by atoms with E-state index in [1.165, 1.54) is 5.56 Å². The molecule has 3 heterocycles. The van der Waals surface area contributed by atoms with Crippen LogP contribution in [-0.4, -0.2) is 48.4 Å². The van der Waals surface area contributed by atoms with Gasteiger partial charge in [0.15, 0.2) is 0 Å². The number of nitrogens with one attached hydrogen (secondary N) is 1. The van der Waals surface area contributed by atoms with Gasteiger partial charge in [-0.3, -0.25) is 4.90 Å². The van der Waals surface area contributed by atoms with Crippen LogP contribution < -0.4 is 4.74 Å². The fourth-order valence-electron chi connectivity index (χ4n) is 4.21. The number of H-pyrrole nitrogens is 1. The predicted molar refractivity (Wildman–Crippen MR) is 114 cm³/mol. The highest BCUT2D eigenvalue weighted by Crippen LogP contribution is 2.39. The Labute approximate surface area is 179 Å². The average molecular weight is 427 g/mol. The maximum Gasteiger partial charge on any atom is 0.410 e. The van der Waals surface area contributed by atoms with E-state index in [2.05, 4.69) is 4.98 Å². The molecule has 5 rings (SSSR count). The number of amides is 1. The van der Waals surface area contributed by atoms with Crippen molar-refractivity contribution in [3.05, 3.63) is 64.3 Å². The first-order valence-electron chi connectivity index (χ1n) is 10.2. The Hall–Kier alpha value is -2.70. The number of aromatic nitrogens is 1. The molecule has 6 nitrogen and oxygen atoms in total. The molecule has 7 heteroatoms. The molecular weight excluding hydrogens is 404 g/mol. The Bertz CT molecular complexity index is 1070. The van der Waals surface area contributed by atoms with Gasteiger partial charge >= 0.3 is 6.09 Å². The van der Waals surface area contributed by atoms with Gasteiger partial charge in [0.1, 0.15) is 17.9 Å². The second-order valence-electron chi connectivity index (χ2n) is 7.60. The van der Waals surface area contributed by atoms with Crippen LogP contribution in [0, 0.1) is 0 Å². The third-order valence-corrected chi connectivity index (χ3v) is 5.93. The van der Waals surface area contributed by atoms with Gasteiger partial charge in [0.05, 0.1) is 19.8 Å². The fourth-order valence-corrected chi connectivity index (χ4v) is 4.39. The van der Waals surface area contributed by atoms with Crippen LogP contribution in [0.4, 0.5) is 4.79 Å². The van der Waals surface area contributed by atoms with Crippen molar-refractivity contribution in [2.75, 3.05) is 26.4 Å². The maximum atomic E-state index is 12.7. The van der Waals surface area contributed by atoms with E-state index in [1.807, 2.05) is 49.4 Å². The molecule has 0 radical (unpaired) electrons. The van der Waals surface area contributed by atoms with Crippen molar-refractivity contribution in [3.8, 4) is 5.75 Å². The van der Waals surface area contributed by atoms with Gasteiger partial charge in [0, 0.05) is 28.2 Å². The molecule has 156 valence electrons. The molecule has 3 aromatic rings. The maximum absolute atomic E-state index is 12.7. The molecule has 1 fully saturated rings. The standard InChI is InChI=1S/C23H23ClN2O4/c1-2-29-23(27)26-10-9-18-19-11-15(24)5-8-20(19)25-21(18)22(26)14-3-6-16(7-4-14)30-17-12-28-13-17/h3-8,11,17,22,25H,2,9-10,12-13H2,1H3. The number of halogens is 1. The molecule has 1 unspecified atom stereocenters. The number of fused-ring (bicyclic) bond motifs is 3. The molecule has 1 atom stereocenters. The summed E-state index contributed by atoms with van der Waals surface area (Å²) in [5, 5.41) is 1.81. The monoisotopic (exact) mass is 426 g/mol. The first-order chi connectivity index (χ1) is 14.6. The van der Waals surface area contributed by atoms with Crippen molar-refractivity contribution in [1.82, 2.24) is 9.88 Å². The predicted octanol–water partition coefficient (Wildman–Crippen LogP) is 4.70. The lowest BCUT2D eigenvalue weighted by Gasteiger charge is -2.35. The van der Waals surface area contributed by atoms with Crippen molar-refractivity contribution in [2.45, 2.75) is 25.5 Å². The molecule has 0 bridgehead atoms. The second-order valence-corrected chi connectivity index (χ2v) is 8.03. The highest BCUT2D eigenvalue weighted by atomic mass is 35.5. The number of hydrogen-bond donors (Lipinski definition) is 1. The molecule has 0 aliphatic carbocycles. The van der Waals surface area contributed by atoms with Crippen LogP contribution in [0.15, 0.2) is 42.5 Å². The Kier molecular flexibility index (Phi) is 5.05. The van der Waals surface area contributed by atoms with E-state index in [0.29, 0.717) is 31.4 Å². The van der Waals surface area contributed by atoms with Crippen LogP contribution in [0.25, 0.3) is 10.9 Å². The van der Waals surface area contributed by atoms with Crippen molar-refractivity contribution in [1.29, 1.82) is 0 Å². The molecule has 1 saturated heterocycles. The molecule has 0 spiro atoms. The summed E-state index contributed by atoms with van der Waals surface area (Å²) in [6.45, 7) is 3.99. The minimum Gasteiger partial charge on any atom is -0.486 e. The summed E-state index contributed by atoms with van der Waals surface area (Å²) in [5.41, 5.74) is 4.22. The molecular formula is C23H23ClN2O4. The van der Waals surface area contributed by atoms with Gasteiger partial charge in [0.2, 0.25) is 0 Å². The normalized spacial score (nSPS) is 18.7. The van der Waals surface area contributed by atoms with Crippen LogP contribution in [0.2, 0.25) is 5.02 Å². The van der Waals surface area contributed by atoms with Crippen molar-refractivity contribution >= 4 is 28.6 Å². The summed E-state index contributed by atoms with van der Waals surface area (Å²) in [7, 11) is 0. The first kappa shape index (κ1) is 19.3. The van der Waals surface area contributed by atoms with Gasteiger partial charge in [-0.05, 0) is 54.8 Å². The van der Waals surface area contributed by atoms with E-state index in [-0.39, 0.29) is 18.2 Å². The summed E-state index contributed by atoms with van der Waals surface area (Å²) in [6.07, 6.45) is 0.553. The third kappa shape index (κ3) is 3.40. The fraction of sp³-hybridized carbons (Fsp3) is 0.348. The number of nitrogens with zero attached hydrogens (tertiary/aromatic N) is 1. The van der Waals surface area contributed by atoms with E-state index in [1.54, 1.807) is 4.90 Å². The number of ether oxygens (including phenoxy) is 3. The minimum absolute atomic E-state index is 0.117. The third-order valence-electron chi connectivity index (χ3n) is 5.70.